The topological polar surface area (TPSA) is 73.9 Å². The van der Waals surface area contributed by atoms with Crippen LogP contribution in [0.1, 0.15) is 34.8 Å². The van der Waals surface area contributed by atoms with Crippen LogP contribution in [-0.4, -0.2) is 33.0 Å². The molecular weight excluding hydrogens is 370 g/mol. The van der Waals surface area contributed by atoms with Crippen LogP contribution in [0.3, 0.4) is 0 Å². The monoisotopic (exact) mass is 393 g/mol. The van der Waals surface area contributed by atoms with Gasteiger partial charge in [0.25, 0.3) is 0 Å². The van der Waals surface area contributed by atoms with E-state index in [0.717, 1.165) is 17.6 Å². The molecule has 0 saturated carbocycles. The van der Waals surface area contributed by atoms with Crippen LogP contribution in [0.15, 0.2) is 48.6 Å². The minimum Gasteiger partial charge on any atom is -0.493 e. The normalized spacial score (nSPS) is 12.3. The van der Waals surface area contributed by atoms with Gasteiger partial charge in [-0.05, 0) is 41.8 Å². The number of ether oxygens (including phenoxy) is 3. The van der Waals surface area contributed by atoms with Crippen molar-refractivity contribution in [1.82, 2.24) is 0 Å². The first-order valence-electron chi connectivity index (χ1n) is 9.11. The van der Waals surface area contributed by atoms with E-state index in [2.05, 4.69) is 11.4 Å². The number of hydrogen-bond donors (Lipinski definition) is 1. The van der Waals surface area contributed by atoms with Gasteiger partial charge in [0, 0.05) is 18.1 Å². The number of ketones is 1. The lowest BCUT2D eigenvalue weighted by Crippen LogP contribution is -2.12. The molecule has 0 unspecified atom stereocenters. The first-order chi connectivity index (χ1) is 14.0. The summed E-state index contributed by atoms with van der Waals surface area (Å²) in [6.45, 7) is 1.41. The summed E-state index contributed by atoms with van der Waals surface area (Å²) in [6, 6.07) is 8.65. The lowest BCUT2D eigenvalue weighted by Gasteiger charge is -2.16. The van der Waals surface area contributed by atoms with Gasteiger partial charge in [-0.1, -0.05) is 24.3 Å². The van der Waals surface area contributed by atoms with E-state index in [9.17, 15) is 9.59 Å². The Hall–Kier alpha value is -3.54. The molecule has 1 amide bonds. The van der Waals surface area contributed by atoms with E-state index in [1.807, 2.05) is 18.2 Å². The zero-order valence-corrected chi connectivity index (χ0v) is 16.9. The zero-order valence-electron chi connectivity index (χ0n) is 16.9. The molecular formula is C23H23NO5. The third kappa shape index (κ3) is 4.16. The van der Waals surface area contributed by atoms with Crippen molar-refractivity contribution in [3.8, 4) is 17.2 Å². The summed E-state index contributed by atoms with van der Waals surface area (Å²) in [5.41, 5.74) is 3.24. The number of amides is 1. The molecule has 1 N–H and O–H groups in total. The largest absolute Gasteiger partial charge is 0.493 e. The Morgan fingerprint density at radius 1 is 0.966 bits per heavy atom. The second kappa shape index (κ2) is 8.65. The van der Waals surface area contributed by atoms with Gasteiger partial charge in [0.2, 0.25) is 11.7 Å². The molecule has 3 rings (SSSR count). The van der Waals surface area contributed by atoms with Crippen molar-refractivity contribution >= 4 is 23.0 Å². The molecule has 29 heavy (non-hydrogen) atoms. The number of carbonyl (C=O) groups is 2. The van der Waals surface area contributed by atoms with E-state index in [4.69, 9.17) is 14.2 Å². The highest BCUT2D eigenvalue weighted by Gasteiger charge is 2.21. The molecule has 0 bridgehead atoms. The van der Waals surface area contributed by atoms with Crippen molar-refractivity contribution in [2.45, 2.75) is 13.3 Å². The van der Waals surface area contributed by atoms with Crippen molar-refractivity contribution in [3.63, 3.8) is 0 Å². The predicted octanol–water partition coefficient (Wildman–Crippen LogP) is 4.25. The highest BCUT2D eigenvalue weighted by Crippen LogP contribution is 2.39. The average Bonchev–Trinajstić information content (AvgIpc) is 3.26. The van der Waals surface area contributed by atoms with Gasteiger partial charge in [-0.15, -0.1) is 0 Å². The van der Waals surface area contributed by atoms with E-state index >= 15 is 0 Å². The van der Waals surface area contributed by atoms with Crippen LogP contribution in [0.4, 0.5) is 5.69 Å². The molecule has 0 saturated heterocycles. The molecule has 2 aromatic rings. The first kappa shape index (κ1) is 20.2. The van der Waals surface area contributed by atoms with Gasteiger partial charge in [-0.25, -0.2) is 0 Å². The molecule has 1 aliphatic rings. The number of methoxy groups -OCH3 is 3. The quantitative estimate of drug-likeness (QED) is 0.712. The summed E-state index contributed by atoms with van der Waals surface area (Å²) in [6.07, 6.45) is 6.86. The maximum atomic E-state index is 13.4. The van der Waals surface area contributed by atoms with Crippen molar-refractivity contribution in [3.05, 3.63) is 65.3 Å². The minimum atomic E-state index is -0.263. The van der Waals surface area contributed by atoms with Crippen molar-refractivity contribution in [2.75, 3.05) is 26.6 Å². The van der Waals surface area contributed by atoms with Crippen LogP contribution < -0.4 is 19.5 Å². The second-order valence-corrected chi connectivity index (χ2v) is 6.51. The van der Waals surface area contributed by atoms with Crippen LogP contribution in [0.25, 0.3) is 5.57 Å². The Morgan fingerprint density at radius 2 is 1.66 bits per heavy atom. The molecule has 0 radical (unpaired) electrons. The zero-order chi connectivity index (χ0) is 21.0. The van der Waals surface area contributed by atoms with Crippen molar-refractivity contribution in [2.24, 2.45) is 0 Å². The molecule has 150 valence electrons. The Kier molecular flexibility index (Phi) is 6.02. The Balaban J connectivity index is 2.11. The number of carbonyl (C=O) groups excluding carboxylic acids is 2. The molecule has 0 aliphatic heterocycles. The van der Waals surface area contributed by atoms with E-state index in [-0.39, 0.29) is 11.7 Å². The molecule has 0 heterocycles. The third-order valence-electron chi connectivity index (χ3n) is 4.64. The number of anilines is 1. The fourth-order valence-electron chi connectivity index (χ4n) is 3.26. The summed E-state index contributed by atoms with van der Waals surface area (Å²) < 4.78 is 16.1. The highest BCUT2D eigenvalue weighted by molar-refractivity contribution is 6.14. The maximum absolute atomic E-state index is 13.4. The smallest absolute Gasteiger partial charge is 0.221 e. The van der Waals surface area contributed by atoms with Gasteiger partial charge in [-0.2, -0.15) is 0 Å². The number of rotatable bonds is 7. The summed E-state index contributed by atoms with van der Waals surface area (Å²) in [7, 11) is 4.49. The Morgan fingerprint density at radius 3 is 2.17 bits per heavy atom. The van der Waals surface area contributed by atoms with Crippen molar-refractivity contribution < 1.29 is 23.8 Å². The minimum absolute atomic E-state index is 0.251. The lowest BCUT2D eigenvalue weighted by molar-refractivity contribution is -0.114. The third-order valence-corrected chi connectivity index (χ3v) is 4.64. The van der Waals surface area contributed by atoms with Gasteiger partial charge in [0.15, 0.2) is 17.3 Å². The molecule has 6 nitrogen and oxygen atoms in total. The van der Waals surface area contributed by atoms with Gasteiger partial charge in [-0.3, -0.25) is 9.59 Å². The van der Waals surface area contributed by atoms with Gasteiger partial charge >= 0.3 is 0 Å². The van der Waals surface area contributed by atoms with E-state index < -0.39 is 0 Å². The van der Waals surface area contributed by atoms with Crippen LogP contribution in [-0.2, 0) is 4.79 Å². The van der Waals surface area contributed by atoms with Crippen LogP contribution in [0, 0.1) is 0 Å². The van der Waals surface area contributed by atoms with Gasteiger partial charge < -0.3 is 19.5 Å². The molecule has 1 aliphatic carbocycles. The number of nitrogens with one attached hydrogen (secondary N) is 1. The fraction of sp³-hybridized carbons (Fsp3) is 0.217. The van der Waals surface area contributed by atoms with Gasteiger partial charge in [0.1, 0.15) is 0 Å². The molecule has 0 aromatic heterocycles. The highest BCUT2D eigenvalue weighted by atomic mass is 16.5. The molecule has 0 fully saturated rings. The summed E-state index contributed by atoms with van der Waals surface area (Å²) in [5.74, 6) is 0.662. The number of allylic oxidation sites excluding steroid dienone is 4. The van der Waals surface area contributed by atoms with Gasteiger partial charge in [0.05, 0.1) is 27.0 Å². The first-order valence-corrected chi connectivity index (χ1v) is 9.11. The van der Waals surface area contributed by atoms with Crippen LogP contribution in [0.2, 0.25) is 0 Å². The molecule has 0 spiro atoms. The van der Waals surface area contributed by atoms with Crippen LogP contribution in [0.5, 0.6) is 17.2 Å². The van der Waals surface area contributed by atoms with E-state index in [0.29, 0.717) is 34.1 Å². The lowest BCUT2D eigenvalue weighted by atomic mass is 9.95. The Bertz CT molecular complexity index is 995. The van der Waals surface area contributed by atoms with E-state index in [1.165, 1.54) is 28.3 Å². The molecule has 6 heteroatoms. The molecule has 2 aromatic carbocycles. The van der Waals surface area contributed by atoms with Crippen LogP contribution >= 0.6 is 0 Å². The number of hydrogen-bond acceptors (Lipinski definition) is 5. The van der Waals surface area contributed by atoms with E-state index in [1.54, 1.807) is 24.3 Å². The summed E-state index contributed by atoms with van der Waals surface area (Å²) in [5, 5.41) is 2.74. The Labute approximate surface area is 169 Å². The fourth-order valence-corrected chi connectivity index (χ4v) is 3.26. The predicted molar refractivity (Wildman–Crippen MR) is 112 cm³/mol. The second-order valence-electron chi connectivity index (χ2n) is 6.51. The molecule has 0 atom stereocenters. The SMILES string of the molecule is COc1cc(C(=O)c2cc(C3=CC=CC3)ccc2NC(C)=O)cc(OC)c1OC. The standard InChI is InChI=1S/C23H23NO5/c1-14(25)24-19-10-9-16(15-7-5-6-8-15)11-18(19)22(26)17-12-20(27-2)23(29-4)21(13-17)28-3/h5-7,9-13H,8H2,1-4H3,(H,24,25). The maximum Gasteiger partial charge on any atom is 0.221 e. The number of benzene rings is 2. The summed E-state index contributed by atoms with van der Waals surface area (Å²) >= 11 is 0. The average molecular weight is 393 g/mol. The van der Waals surface area contributed by atoms with Crippen molar-refractivity contribution in [1.29, 1.82) is 0 Å². The summed E-state index contributed by atoms with van der Waals surface area (Å²) in [4.78, 5) is 25.1.